The fourth-order valence-corrected chi connectivity index (χ4v) is 1.45. The molecule has 0 saturated heterocycles. The van der Waals surface area contributed by atoms with Gasteiger partial charge in [-0.15, -0.1) is 0 Å². The van der Waals surface area contributed by atoms with Crippen molar-refractivity contribution >= 4 is 22.0 Å². The Bertz CT molecular complexity index is 417. The summed E-state index contributed by atoms with van der Waals surface area (Å²) in [6.07, 6.45) is 2.13. The molecule has 0 aliphatic heterocycles. The van der Waals surface area contributed by atoms with E-state index in [0.29, 0.717) is 10.0 Å². The van der Waals surface area contributed by atoms with E-state index >= 15 is 0 Å². The zero-order chi connectivity index (χ0) is 11.4. The maximum absolute atomic E-state index is 10.1. The Kier molecular flexibility index (Phi) is 3.68. The van der Waals surface area contributed by atoms with Gasteiger partial charge in [0.1, 0.15) is 0 Å². The second-order valence-corrected chi connectivity index (χ2v) is 3.51. The number of aromatic hydroxyl groups is 1. The molecule has 0 bridgehead atoms. The van der Waals surface area contributed by atoms with Gasteiger partial charge in [0.05, 0.1) is 16.5 Å². The Labute approximate surface area is 94.3 Å². The van der Waals surface area contributed by atoms with Crippen LogP contribution in [0.2, 0.25) is 0 Å². The zero-order valence-corrected chi connectivity index (χ0v) is 9.39. The van der Waals surface area contributed by atoms with Crippen LogP contribution in [0.4, 0.5) is 0 Å². The summed E-state index contributed by atoms with van der Waals surface area (Å²) >= 11 is 3.11. The summed E-state index contributed by atoms with van der Waals surface area (Å²) in [6.45, 7) is 0. The van der Waals surface area contributed by atoms with Crippen LogP contribution in [0.3, 0.4) is 0 Å². The summed E-state index contributed by atoms with van der Waals surface area (Å²) in [6, 6.07) is 3.05. The van der Waals surface area contributed by atoms with Crippen LogP contribution in [0, 0.1) is 10.1 Å². The maximum atomic E-state index is 10.1. The zero-order valence-electron chi connectivity index (χ0n) is 7.81. The second-order valence-electron chi connectivity index (χ2n) is 2.65. The predicted molar refractivity (Wildman–Crippen MR) is 58.4 cm³/mol. The molecule has 15 heavy (non-hydrogen) atoms. The monoisotopic (exact) mass is 273 g/mol. The van der Waals surface area contributed by atoms with E-state index in [1.54, 1.807) is 6.07 Å². The molecule has 0 unspecified atom stereocenters. The lowest BCUT2D eigenvalue weighted by Crippen LogP contribution is -1.87. The molecule has 1 N–H and O–H groups in total. The molecule has 1 aromatic carbocycles. The number of hydrogen-bond acceptors (Lipinski definition) is 4. The standard InChI is InChI=1S/C9H8BrNO4/c1-15-8-5-6(2-3-11(13)14)4-7(10)9(8)12/h2-5,12H,1H3/b3-2+. The minimum atomic E-state index is -0.562. The summed E-state index contributed by atoms with van der Waals surface area (Å²) in [4.78, 5) is 9.54. The number of phenols is 1. The molecule has 0 saturated carbocycles. The third-order valence-electron chi connectivity index (χ3n) is 1.66. The van der Waals surface area contributed by atoms with Crippen molar-refractivity contribution in [3.8, 4) is 11.5 Å². The summed E-state index contributed by atoms with van der Waals surface area (Å²) in [5.41, 5.74) is 0.563. The summed E-state index contributed by atoms with van der Waals surface area (Å²) in [5, 5.41) is 19.6. The van der Waals surface area contributed by atoms with Gasteiger partial charge in [0.2, 0.25) is 6.20 Å². The van der Waals surface area contributed by atoms with Crippen molar-refractivity contribution in [2.75, 3.05) is 7.11 Å². The molecule has 0 aliphatic rings. The van der Waals surface area contributed by atoms with Gasteiger partial charge in [-0.1, -0.05) is 0 Å². The van der Waals surface area contributed by atoms with E-state index in [1.165, 1.54) is 19.3 Å². The van der Waals surface area contributed by atoms with E-state index in [2.05, 4.69) is 15.9 Å². The number of methoxy groups -OCH3 is 1. The van der Waals surface area contributed by atoms with E-state index in [4.69, 9.17) is 4.74 Å². The molecule has 0 fully saturated rings. The van der Waals surface area contributed by atoms with Crippen molar-refractivity contribution in [3.63, 3.8) is 0 Å². The molecule has 1 rings (SSSR count). The van der Waals surface area contributed by atoms with Gasteiger partial charge in [-0.25, -0.2) is 0 Å². The highest BCUT2D eigenvalue weighted by molar-refractivity contribution is 9.10. The molecule has 0 radical (unpaired) electrons. The van der Waals surface area contributed by atoms with Crippen LogP contribution in [0.1, 0.15) is 5.56 Å². The van der Waals surface area contributed by atoms with Crippen LogP contribution in [-0.4, -0.2) is 17.1 Å². The van der Waals surface area contributed by atoms with Crippen LogP contribution in [-0.2, 0) is 0 Å². The highest BCUT2D eigenvalue weighted by atomic mass is 79.9. The third-order valence-corrected chi connectivity index (χ3v) is 2.26. The van der Waals surface area contributed by atoms with Crippen molar-refractivity contribution in [1.29, 1.82) is 0 Å². The second kappa shape index (κ2) is 4.79. The van der Waals surface area contributed by atoms with Crippen LogP contribution in [0.5, 0.6) is 11.5 Å². The fraction of sp³-hybridized carbons (Fsp3) is 0.111. The molecule has 0 atom stereocenters. The highest BCUT2D eigenvalue weighted by Gasteiger charge is 2.07. The average molecular weight is 274 g/mol. The van der Waals surface area contributed by atoms with E-state index in [1.807, 2.05) is 0 Å². The number of halogens is 1. The number of ether oxygens (including phenoxy) is 1. The molecule has 5 nitrogen and oxygen atoms in total. The molecule has 0 aromatic heterocycles. The first-order valence-electron chi connectivity index (χ1n) is 3.93. The quantitative estimate of drug-likeness (QED) is 0.678. The third kappa shape index (κ3) is 2.95. The summed E-state index contributed by atoms with van der Waals surface area (Å²) in [5.74, 6) is 0.225. The number of hydrogen-bond donors (Lipinski definition) is 1. The van der Waals surface area contributed by atoms with Gasteiger partial charge in [-0.3, -0.25) is 10.1 Å². The molecule has 80 valence electrons. The van der Waals surface area contributed by atoms with E-state index < -0.39 is 4.92 Å². The topological polar surface area (TPSA) is 72.6 Å². The lowest BCUT2D eigenvalue weighted by atomic mass is 10.2. The normalized spacial score (nSPS) is 10.5. The van der Waals surface area contributed by atoms with E-state index in [0.717, 1.165) is 6.20 Å². The lowest BCUT2D eigenvalue weighted by molar-refractivity contribution is -0.400. The highest BCUT2D eigenvalue weighted by Crippen LogP contribution is 2.35. The Morgan fingerprint density at radius 1 is 1.60 bits per heavy atom. The SMILES string of the molecule is COc1cc(/C=C/[N+](=O)[O-])cc(Br)c1O. The van der Waals surface area contributed by atoms with Gasteiger partial charge in [0.25, 0.3) is 0 Å². The van der Waals surface area contributed by atoms with Crippen molar-refractivity contribution in [3.05, 3.63) is 38.5 Å². The minimum absolute atomic E-state index is 0.0317. The van der Waals surface area contributed by atoms with Gasteiger partial charge in [0.15, 0.2) is 11.5 Å². The Morgan fingerprint density at radius 3 is 2.80 bits per heavy atom. The lowest BCUT2D eigenvalue weighted by Gasteiger charge is -2.05. The summed E-state index contributed by atoms with van der Waals surface area (Å²) in [7, 11) is 1.41. The number of nitrogens with zero attached hydrogens (tertiary/aromatic N) is 1. The van der Waals surface area contributed by atoms with Gasteiger partial charge in [-0.2, -0.15) is 0 Å². The fourth-order valence-electron chi connectivity index (χ4n) is 0.993. The number of nitro groups is 1. The molecule has 0 amide bonds. The van der Waals surface area contributed by atoms with Crippen LogP contribution < -0.4 is 4.74 Å². The molecule has 1 aromatic rings. The van der Waals surface area contributed by atoms with Crippen molar-refractivity contribution in [2.45, 2.75) is 0 Å². The minimum Gasteiger partial charge on any atom is -0.503 e. The average Bonchev–Trinajstić information content (AvgIpc) is 2.19. The first kappa shape index (κ1) is 11.5. The molecule has 0 spiro atoms. The van der Waals surface area contributed by atoms with Crippen LogP contribution in [0.25, 0.3) is 6.08 Å². The number of phenolic OH excluding ortho intramolecular Hbond substituents is 1. The number of benzene rings is 1. The molecule has 6 heteroatoms. The largest absolute Gasteiger partial charge is 0.503 e. The van der Waals surface area contributed by atoms with Gasteiger partial charge >= 0.3 is 0 Å². The predicted octanol–water partition coefficient (Wildman–Crippen LogP) is 2.41. The van der Waals surface area contributed by atoms with Crippen LogP contribution in [0.15, 0.2) is 22.8 Å². The number of rotatable bonds is 3. The van der Waals surface area contributed by atoms with Gasteiger partial charge in [-0.05, 0) is 33.6 Å². The molecular formula is C9H8BrNO4. The molecular weight excluding hydrogens is 266 g/mol. The summed E-state index contributed by atoms with van der Waals surface area (Å²) < 4.78 is 5.31. The van der Waals surface area contributed by atoms with E-state index in [-0.39, 0.29) is 11.5 Å². The Hall–Kier alpha value is -1.56. The van der Waals surface area contributed by atoms with Crippen molar-refractivity contribution < 1.29 is 14.8 Å². The first-order chi connectivity index (χ1) is 7.04. The maximum Gasteiger partial charge on any atom is 0.235 e. The Balaban J connectivity index is 3.11. The van der Waals surface area contributed by atoms with Gasteiger partial charge in [0, 0.05) is 6.08 Å². The smallest absolute Gasteiger partial charge is 0.235 e. The molecule has 0 heterocycles. The van der Waals surface area contributed by atoms with E-state index in [9.17, 15) is 15.2 Å². The Morgan fingerprint density at radius 2 is 2.27 bits per heavy atom. The first-order valence-corrected chi connectivity index (χ1v) is 4.72. The van der Waals surface area contributed by atoms with Crippen molar-refractivity contribution in [2.24, 2.45) is 0 Å². The molecule has 0 aliphatic carbocycles. The van der Waals surface area contributed by atoms with Gasteiger partial charge < -0.3 is 9.84 Å². The van der Waals surface area contributed by atoms with Crippen LogP contribution >= 0.6 is 15.9 Å². The van der Waals surface area contributed by atoms with Crippen molar-refractivity contribution in [1.82, 2.24) is 0 Å².